The Kier molecular flexibility index (Phi) is 8.89. The molecule has 45 heavy (non-hydrogen) atoms. The number of anilines is 1. The molecule has 0 bridgehead atoms. The van der Waals surface area contributed by atoms with Crippen molar-refractivity contribution in [1.29, 1.82) is 0 Å². The molecule has 16 heteroatoms. The first-order valence-electron chi connectivity index (χ1n) is 13.7. The number of benzene rings is 2. The summed E-state index contributed by atoms with van der Waals surface area (Å²) in [4.78, 5) is 46.7. The fraction of sp³-hybridized carbons (Fsp3) is 0.276. The molecule has 2 aromatic heterocycles. The van der Waals surface area contributed by atoms with Gasteiger partial charge in [-0.25, -0.2) is 14.5 Å². The molecule has 232 valence electrons. The van der Waals surface area contributed by atoms with E-state index in [2.05, 4.69) is 25.8 Å². The number of aryl methyl sites for hydroxylation is 1. The molecular formula is C29H28N8O5S3. The lowest BCUT2D eigenvalue weighted by Crippen LogP contribution is -2.80. The van der Waals surface area contributed by atoms with E-state index < -0.39 is 35.0 Å². The summed E-state index contributed by atoms with van der Waals surface area (Å²) < 4.78 is 13.4. The van der Waals surface area contributed by atoms with Crippen LogP contribution in [0.1, 0.15) is 22.9 Å². The highest BCUT2D eigenvalue weighted by molar-refractivity contribution is 8.01. The highest BCUT2D eigenvalue weighted by atomic mass is 32.2. The lowest BCUT2D eigenvalue weighted by atomic mass is 9.97. The summed E-state index contributed by atoms with van der Waals surface area (Å²) in [5.74, 6) is -1.04. The van der Waals surface area contributed by atoms with Crippen LogP contribution < -0.4 is 11.1 Å². The Balaban J connectivity index is 1.31. The van der Waals surface area contributed by atoms with E-state index in [1.807, 2.05) is 60.7 Å². The Labute approximate surface area is 270 Å². The van der Waals surface area contributed by atoms with E-state index in [0.29, 0.717) is 33.1 Å². The summed E-state index contributed by atoms with van der Waals surface area (Å²) in [7, 11) is 3.07. The quantitative estimate of drug-likeness (QED) is 0.104. The second-order valence-corrected chi connectivity index (χ2v) is 13.0. The number of carbonyl (C=O) groups excluding carboxylic acids is 3. The number of rotatable bonds is 11. The number of carbonyl (C=O) groups is 3. The topological polar surface area (TPSA) is 167 Å². The van der Waals surface area contributed by atoms with Crippen molar-refractivity contribution in [1.82, 2.24) is 35.4 Å². The average molecular weight is 665 g/mol. The Morgan fingerprint density at radius 3 is 2.42 bits per heavy atom. The number of hydrogen-bond acceptors (Lipinski definition) is 13. The van der Waals surface area contributed by atoms with Crippen LogP contribution in [0.15, 0.2) is 82.5 Å². The summed E-state index contributed by atoms with van der Waals surface area (Å²) in [5, 5.41) is 16.2. The molecule has 1 saturated heterocycles. The van der Waals surface area contributed by atoms with Gasteiger partial charge in [-0.3, -0.25) is 14.5 Å². The van der Waals surface area contributed by atoms with Crippen LogP contribution >= 0.6 is 34.9 Å². The lowest BCUT2D eigenvalue weighted by molar-refractivity contribution is -0.193. The van der Waals surface area contributed by atoms with Crippen LogP contribution in [0, 0.1) is 0 Å². The van der Waals surface area contributed by atoms with Gasteiger partial charge in [0.2, 0.25) is 11.1 Å². The third-order valence-corrected chi connectivity index (χ3v) is 10.4. The smallest absolute Gasteiger partial charge is 0.356 e. The van der Waals surface area contributed by atoms with E-state index in [4.69, 9.17) is 15.2 Å². The van der Waals surface area contributed by atoms with Crippen molar-refractivity contribution in [3.63, 3.8) is 0 Å². The molecule has 0 saturated carbocycles. The molecule has 4 heterocycles. The number of nitrogens with zero attached hydrogens (tertiary/aromatic N) is 6. The zero-order chi connectivity index (χ0) is 31.6. The van der Waals surface area contributed by atoms with E-state index in [1.54, 1.807) is 12.4 Å². The minimum absolute atomic E-state index is 0.0856. The van der Waals surface area contributed by atoms with E-state index in [1.165, 1.54) is 51.6 Å². The van der Waals surface area contributed by atoms with Crippen molar-refractivity contribution < 1.29 is 23.9 Å². The SMILES string of the molecule is CO[C@@]1(NC(=O)Cc2csc(N)n2)C(=O)N2C(C(=O)OC(c3ccccc3)c3ccccc3)=C(CSc3nnnn3C)CS[C@@H]21. The van der Waals surface area contributed by atoms with Gasteiger partial charge in [-0.1, -0.05) is 72.4 Å². The van der Waals surface area contributed by atoms with Crippen LogP contribution in [0.2, 0.25) is 0 Å². The van der Waals surface area contributed by atoms with Gasteiger partial charge in [-0.15, -0.1) is 28.2 Å². The fourth-order valence-electron chi connectivity index (χ4n) is 5.10. The van der Waals surface area contributed by atoms with Gasteiger partial charge in [0.1, 0.15) is 11.1 Å². The monoisotopic (exact) mass is 664 g/mol. The summed E-state index contributed by atoms with van der Waals surface area (Å²) in [5.41, 5.74) is 6.83. The molecule has 0 spiro atoms. The summed E-state index contributed by atoms with van der Waals surface area (Å²) in [6.45, 7) is 0. The number of tetrazole rings is 1. The number of thiazole rings is 1. The lowest BCUT2D eigenvalue weighted by Gasteiger charge is -2.56. The number of aromatic nitrogens is 5. The van der Waals surface area contributed by atoms with Gasteiger partial charge < -0.3 is 20.5 Å². The molecule has 3 N–H and O–H groups in total. The van der Waals surface area contributed by atoms with Crippen molar-refractivity contribution in [2.75, 3.05) is 24.3 Å². The van der Waals surface area contributed by atoms with Crippen molar-refractivity contribution in [2.45, 2.75) is 28.8 Å². The number of methoxy groups -OCH3 is 1. The zero-order valence-electron chi connectivity index (χ0n) is 24.2. The van der Waals surface area contributed by atoms with Crippen LogP contribution in [-0.4, -0.2) is 77.6 Å². The number of nitrogens with two attached hydrogens (primary N) is 1. The highest BCUT2D eigenvalue weighted by Gasteiger charge is 2.66. The molecule has 2 atom stereocenters. The van der Waals surface area contributed by atoms with Crippen molar-refractivity contribution >= 4 is 57.8 Å². The van der Waals surface area contributed by atoms with Crippen molar-refractivity contribution in [3.05, 3.63) is 94.1 Å². The fourth-order valence-corrected chi connectivity index (χ4v) is 8.10. The molecule has 13 nitrogen and oxygen atoms in total. The van der Waals surface area contributed by atoms with Crippen LogP contribution in [0.3, 0.4) is 0 Å². The van der Waals surface area contributed by atoms with Gasteiger partial charge in [0.25, 0.3) is 11.6 Å². The molecule has 4 aromatic rings. The number of fused-ring (bicyclic) bond motifs is 1. The van der Waals surface area contributed by atoms with Gasteiger partial charge in [0, 0.05) is 31.0 Å². The number of nitrogen functional groups attached to an aromatic ring is 1. The Hall–Kier alpha value is -4.25. The number of ether oxygens (including phenoxy) is 2. The molecule has 2 aliphatic heterocycles. The number of esters is 1. The maximum absolute atomic E-state index is 14.2. The third-order valence-electron chi connectivity index (χ3n) is 7.25. The van der Waals surface area contributed by atoms with Gasteiger partial charge >= 0.3 is 5.97 Å². The zero-order valence-corrected chi connectivity index (χ0v) is 26.6. The maximum Gasteiger partial charge on any atom is 0.356 e. The Morgan fingerprint density at radius 2 is 1.84 bits per heavy atom. The van der Waals surface area contributed by atoms with E-state index in [-0.39, 0.29) is 12.1 Å². The number of β-lactam (4-membered cyclic amide) rings is 1. The Bertz CT molecular complexity index is 1710. The number of hydrogen-bond donors (Lipinski definition) is 2. The molecule has 0 radical (unpaired) electrons. The van der Waals surface area contributed by atoms with Crippen LogP contribution in [-0.2, 0) is 37.3 Å². The molecular weight excluding hydrogens is 637 g/mol. The molecule has 2 aliphatic rings. The normalized spacial score (nSPS) is 19.3. The average Bonchev–Trinajstić information content (AvgIpc) is 3.67. The predicted molar refractivity (Wildman–Crippen MR) is 169 cm³/mol. The minimum atomic E-state index is -1.68. The maximum atomic E-state index is 14.2. The highest BCUT2D eigenvalue weighted by Crippen LogP contribution is 2.48. The van der Waals surface area contributed by atoms with Crippen LogP contribution in [0.4, 0.5) is 5.13 Å². The van der Waals surface area contributed by atoms with Crippen molar-refractivity contribution in [3.8, 4) is 0 Å². The number of amides is 2. The standard InChI is InChI=1S/C29H28N8O5S3/c1-36-28(33-34-35-36)45-15-19-14-43-26-29(41-2,32-21(38)13-20-16-44-27(30)31-20)25(40)37(26)22(19)24(39)42-23(17-9-5-3-6-10-17)18-11-7-4-8-12-18/h3-12,16,23,26H,13-15H2,1-2H3,(H2,30,31)(H,32,38)/t26-,29+/m1/s1. The summed E-state index contributed by atoms with van der Waals surface area (Å²) >= 11 is 3.93. The summed E-state index contributed by atoms with van der Waals surface area (Å²) in [6.07, 6.45) is -0.816. The van der Waals surface area contributed by atoms with Crippen LogP contribution in [0.5, 0.6) is 0 Å². The first-order chi connectivity index (χ1) is 21.8. The molecule has 6 rings (SSSR count). The molecule has 2 amide bonds. The van der Waals surface area contributed by atoms with Gasteiger partial charge in [-0.05, 0) is 27.1 Å². The van der Waals surface area contributed by atoms with E-state index in [9.17, 15) is 14.4 Å². The van der Waals surface area contributed by atoms with Crippen molar-refractivity contribution in [2.24, 2.45) is 7.05 Å². The molecule has 0 aliphatic carbocycles. The molecule has 2 aromatic carbocycles. The van der Waals surface area contributed by atoms with Crippen LogP contribution in [0.25, 0.3) is 0 Å². The van der Waals surface area contributed by atoms with E-state index >= 15 is 0 Å². The molecule has 0 unspecified atom stereocenters. The van der Waals surface area contributed by atoms with Gasteiger partial charge in [-0.2, -0.15) is 0 Å². The second-order valence-electron chi connectivity index (χ2n) is 10.1. The number of thioether (sulfide) groups is 2. The second kappa shape index (κ2) is 13.0. The Morgan fingerprint density at radius 1 is 1.16 bits per heavy atom. The predicted octanol–water partition coefficient (Wildman–Crippen LogP) is 2.54. The largest absolute Gasteiger partial charge is 0.448 e. The molecule has 1 fully saturated rings. The number of nitrogens with one attached hydrogen (secondary N) is 1. The van der Waals surface area contributed by atoms with Gasteiger partial charge in [0.05, 0.1) is 12.1 Å². The van der Waals surface area contributed by atoms with E-state index in [0.717, 1.165) is 11.1 Å². The minimum Gasteiger partial charge on any atom is -0.448 e. The third kappa shape index (κ3) is 6.05. The summed E-state index contributed by atoms with van der Waals surface area (Å²) in [6, 6.07) is 18.8. The first kappa shape index (κ1) is 30.8. The van der Waals surface area contributed by atoms with Gasteiger partial charge in [0.15, 0.2) is 11.2 Å². The first-order valence-corrected chi connectivity index (χ1v) is 16.6.